The summed E-state index contributed by atoms with van der Waals surface area (Å²) in [6.07, 6.45) is -0.365. The van der Waals surface area contributed by atoms with Gasteiger partial charge in [-0.25, -0.2) is 4.79 Å². The van der Waals surface area contributed by atoms with Gasteiger partial charge < -0.3 is 52.7 Å². The van der Waals surface area contributed by atoms with Gasteiger partial charge in [-0.15, -0.1) is 0 Å². The summed E-state index contributed by atoms with van der Waals surface area (Å²) in [7, 11) is 0. The fraction of sp³-hybridized carbons (Fsp3) is 0.594. The van der Waals surface area contributed by atoms with Crippen LogP contribution < -0.4 is 32.3 Å². The molecule has 6 atom stereocenters. The van der Waals surface area contributed by atoms with Gasteiger partial charge >= 0.3 is 11.9 Å². The van der Waals surface area contributed by atoms with E-state index in [4.69, 9.17) is 10.8 Å². The Morgan fingerprint density at radius 1 is 0.796 bits per heavy atom. The van der Waals surface area contributed by atoms with Crippen molar-refractivity contribution < 1.29 is 54.0 Å². The minimum Gasteiger partial charge on any atom is -0.508 e. The van der Waals surface area contributed by atoms with Crippen LogP contribution in [0.15, 0.2) is 24.3 Å². The first-order valence-electron chi connectivity index (χ1n) is 15.8. The molecule has 0 fully saturated rings. The summed E-state index contributed by atoms with van der Waals surface area (Å²) in [5.41, 5.74) is 4.51. The average Bonchev–Trinajstić information content (AvgIpc) is 3.01. The molecule has 17 nitrogen and oxygen atoms in total. The van der Waals surface area contributed by atoms with Crippen LogP contribution in [0.1, 0.15) is 66.4 Å². The number of aromatic hydroxyl groups is 1. The number of amides is 5. The molecule has 5 amide bonds. The molecule has 11 N–H and O–H groups in total. The molecule has 0 aliphatic carbocycles. The minimum absolute atomic E-state index is 0.0436. The fourth-order valence-corrected chi connectivity index (χ4v) is 4.53. The average molecular weight is 695 g/mol. The lowest BCUT2D eigenvalue weighted by Crippen LogP contribution is -2.63. The van der Waals surface area contributed by atoms with Crippen LogP contribution >= 0.6 is 0 Å². The third-order valence-electron chi connectivity index (χ3n) is 7.66. The highest BCUT2D eigenvalue weighted by Gasteiger charge is 2.37. The van der Waals surface area contributed by atoms with Crippen molar-refractivity contribution in [2.45, 2.75) is 103 Å². The lowest BCUT2D eigenvalue weighted by molar-refractivity contribution is -0.143. The summed E-state index contributed by atoms with van der Waals surface area (Å²) < 4.78 is 0. The SMILES string of the molecule is CC[C@H](C)[C@H](NC(=O)[C@H](CO)NC(=O)[C@H](Cc1ccc(O)cc1)NC(=O)[C@@H](N)CC(=O)O)C(=O)NC(C)(C)C(=O)N[C@@H](CC(C)C)C(=O)O. The highest BCUT2D eigenvalue weighted by molar-refractivity contribution is 5.97. The van der Waals surface area contributed by atoms with Crippen LogP contribution in [0.25, 0.3) is 0 Å². The quantitative estimate of drug-likeness (QED) is 0.0766. The minimum atomic E-state index is -1.62. The number of rotatable bonds is 20. The largest absolute Gasteiger partial charge is 0.508 e. The molecule has 0 radical (unpaired) electrons. The molecule has 0 heterocycles. The number of aliphatic hydroxyl groups is 1. The number of benzene rings is 1. The van der Waals surface area contributed by atoms with Gasteiger partial charge in [0.05, 0.1) is 19.1 Å². The Hall–Kier alpha value is -4.77. The lowest BCUT2D eigenvalue weighted by Gasteiger charge is -2.32. The molecule has 0 aliphatic rings. The van der Waals surface area contributed by atoms with Gasteiger partial charge in [0.25, 0.3) is 0 Å². The van der Waals surface area contributed by atoms with Crippen LogP contribution in [0.5, 0.6) is 5.75 Å². The lowest BCUT2D eigenvalue weighted by atomic mass is 9.95. The number of aliphatic hydroxyl groups excluding tert-OH is 1. The molecule has 17 heteroatoms. The summed E-state index contributed by atoms with van der Waals surface area (Å²) in [4.78, 5) is 88.4. The number of phenolic OH excluding ortho intramolecular Hbond substituents is 1. The molecule has 0 spiro atoms. The third kappa shape index (κ3) is 14.1. The van der Waals surface area contributed by atoms with E-state index in [0.29, 0.717) is 12.0 Å². The Balaban J connectivity index is 3.17. The van der Waals surface area contributed by atoms with Crippen molar-refractivity contribution in [2.75, 3.05) is 6.61 Å². The van der Waals surface area contributed by atoms with E-state index >= 15 is 0 Å². The van der Waals surface area contributed by atoms with E-state index in [1.54, 1.807) is 27.7 Å². The molecule has 49 heavy (non-hydrogen) atoms. The van der Waals surface area contributed by atoms with Crippen LogP contribution in [-0.4, -0.2) is 104 Å². The van der Waals surface area contributed by atoms with E-state index < -0.39 is 96.2 Å². The standard InChI is InChI=1S/C32H50N6O11/c1-7-17(4)25(29(46)38-32(5,6)31(49)36-22(30(47)48)12-16(2)3)37-28(45)23(15-39)35-27(44)21(13-18-8-10-19(40)11-9-18)34-26(43)20(33)14-24(41)42/h8-11,16-17,20-23,25,39-40H,7,12-15,33H2,1-6H3,(H,34,43)(H,35,44)(H,36,49)(H,37,45)(H,38,46)(H,41,42)(H,47,48)/t17-,20-,21-,22-,23-,25-/m0/s1. The van der Waals surface area contributed by atoms with E-state index in [9.17, 15) is 48.9 Å². The Morgan fingerprint density at radius 2 is 1.35 bits per heavy atom. The maximum absolute atomic E-state index is 13.4. The molecule has 0 saturated heterocycles. The normalized spacial score (nSPS) is 15.0. The summed E-state index contributed by atoms with van der Waals surface area (Å²) >= 11 is 0. The number of carbonyl (C=O) groups excluding carboxylic acids is 5. The van der Waals surface area contributed by atoms with Crippen molar-refractivity contribution >= 4 is 41.5 Å². The van der Waals surface area contributed by atoms with Crippen LogP contribution in [-0.2, 0) is 40.0 Å². The highest BCUT2D eigenvalue weighted by atomic mass is 16.4. The highest BCUT2D eigenvalue weighted by Crippen LogP contribution is 2.14. The Kier molecular flexibility index (Phi) is 16.6. The van der Waals surface area contributed by atoms with Crippen molar-refractivity contribution in [3.8, 4) is 5.75 Å². The van der Waals surface area contributed by atoms with Crippen molar-refractivity contribution in [2.24, 2.45) is 17.6 Å². The molecule has 1 aromatic rings. The number of carbonyl (C=O) groups is 7. The van der Waals surface area contributed by atoms with Crippen molar-refractivity contribution in [3.63, 3.8) is 0 Å². The molecule has 0 unspecified atom stereocenters. The number of carboxylic acid groups (broad SMARTS) is 2. The molecule has 0 bridgehead atoms. The van der Waals surface area contributed by atoms with Crippen molar-refractivity contribution in [3.05, 3.63) is 29.8 Å². The number of hydrogen-bond donors (Lipinski definition) is 10. The van der Waals surface area contributed by atoms with Crippen LogP contribution in [0, 0.1) is 11.8 Å². The first-order chi connectivity index (χ1) is 22.7. The molecular weight excluding hydrogens is 644 g/mol. The topological polar surface area (TPSA) is 287 Å². The van der Waals surface area contributed by atoms with E-state index in [0.717, 1.165) is 0 Å². The van der Waals surface area contributed by atoms with E-state index in [-0.39, 0.29) is 24.5 Å². The first-order valence-corrected chi connectivity index (χ1v) is 15.8. The van der Waals surface area contributed by atoms with Crippen molar-refractivity contribution in [1.29, 1.82) is 0 Å². The Labute approximate surface area is 284 Å². The zero-order chi connectivity index (χ0) is 37.6. The monoisotopic (exact) mass is 694 g/mol. The van der Waals surface area contributed by atoms with Gasteiger partial charge in [-0.2, -0.15) is 0 Å². The Bertz CT molecular complexity index is 1340. The molecular formula is C32H50N6O11. The number of aliphatic carboxylic acids is 2. The van der Waals surface area contributed by atoms with Gasteiger partial charge in [0.15, 0.2) is 0 Å². The summed E-state index contributed by atoms with van der Waals surface area (Å²) in [6.45, 7) is 8.79. The zero-order valence-electron chi connectivity index (χ0n) is 28.6. The summed E-state index contributed by atoms with van der Waals surface area (Å²) in [6, 6.07) is -1.37. The molecule has 274 valence electrons. The number of hydrogen-bond acceptors (Lipinski definition) is 10. The molecule has 0 aromatic heterocycles. The number of nitrogens with one attached hydrogen (secondary N) is 5. The smallest absolute Gasteiger partial charge is 0.326 e. The first kappa shape index (κ1) is 42.3. The number of carboxylic acids is 2. The number of nitrogens with two attached hydrogens (primary N) is 1. The predicted molar refractivity (Wildman–Crippen MR) is 176 cm³/mol. The van der Waals surface area contributed by atoms with Crippen LogP contribution in [0.2, 0.25) is 0 Å². The predicted octanol–water partition coefficient (Wildman–Crippen LogP) is -1.26. The third-order valence-corrected chi connectivity index (χ3v) is 7.66. The van der Waals surface area contributed by atoms with Gasteiger partial charge in [-0.1, -0.05) is 46.2 Å². The zero-order valence-corrected chi connectivity index (χ0v) is 28.6. The van der Waals surface area contributed by atoms with Gasteiger partial charge in [0.1, 0.15) is 35.5 Å². The maximum Gasteiger partial charge on any atom is 0.326 e. The van der Waals surface area contributed by atoms with E-state index in [1.807, 2.05) is 0 Å². The summed E-state index contributed by atoms with van der Waals surface area (Å²) in [5, 5.41) is 50.3. The van der Waals surface area contributed by atoms with Gasteiger partial charge in [0, 0.05) is 6.42 Å². The van der Waals surface area contributed by atoms with Gasteiger partial charge in [-0.05, 0) is 49.8 Å². The molecule has 0 saturated carbocycles. The fourth-order valence-electron chi connectivity index (χ4n) is 4.53. The number of phenols is 1. The second-order valence-corrected chi connectivity index (χ2v) is 12.9. The van der Waals surface area contributed by atoms with E-state index in [2.05, 4.69) is 26.6 Å². The Morgan fingerprint density at radius 3 is 1.84 bits per heavy atom. The second-order valence-electron chi connectivity index (χ2n) is 12.9. The van der Waals surface area contributed by atoms with Gasteiger partial charge in [0.2, 0.25) is 29.5 Å². The van der Waals surface area contributed by atoms with Crippen LogP contribution in [0.3, 0.4) is 0 Å². The van der Waals surface area contributed by atoms with E-state index in [1.165, 1.54) is 38.1 Å². The second kappa shape index (κ2) is 19.3. The molecule has 0 aliphatic heterocycles. The molecule has 1 aromatic carbocycles. The maximum atomic E-state index is 13.4. The van der Waals surface area contributed by atoms with Gasteiger partial charge in [-0.3, -0.25) is 28.8 Å². The summed E-state index contributed by atoms with van der Waals surface area (Å²) in [5.74, 6) is -7.65. The van der Waals surface area contributed by atoms with Crippen molar-refractivity contribution in [1.82, 2.24) is 26.6 Å². The molecule has 1 rings (SSSR count). The van der Waals surface area contributed by atoms with Crippen LogP contribution in [0.4, 0.5) is 0 Å².